The third kappa shape index (κ3) is 3.01. The van der Waals surface area contributed by atoms with Gasteiger partial charge < -0.3 is 10.6 Å². The molecular weight excluding hydrogens is 280 g/mol. The molecule has 1 aromatic rings. The molecular formula is C12H16N4O3S. The molecule has 1 saturated heterocycles. The fourth-order valence-electron chi connectivity index (χ4n) is 2.06. The topological polar surface area (TPSA) is 102 Å². The number of anilines is 1. The van der Waals surface area contributed by atoms with Crippen LogP contribution in [0.2, 0.25) is 0 Å². The Morgan fingerprint density at radius 1 is 1.70 bits per heavy atom. The van der Waals surface area contributed by atoms with Crippen LogP contribution in [-0.4, -0.2) is 44.8 Å². The van der Waals surface area contributed by atoms with Crippen molar-refractivity contribution in [3.8, 4) is 0 Å². The van der Waals surface area contributed by atoms with Crippen LogP contribution >= 0.6 is 11.8 Å². The number of nitrogen functional groups attached to an aromatic ring is 1. The van der Waals surface area contributed by atoms with E-state index in [2.05, 4.69) is 11.9 Å². The molecule has 1 amide bonds. The number of rotatable bonds is 3. The number of nitro groups is 1. The minimum atomic E-state index is -0.579. The van der Waals surface area contributed by atoms with Crippen LogP contribution in [0.5, 0.6) is 0 Å². The molecule has 0 aromatic carbocycles. The van der Waals surface area contributed by atoms with Gasteiger partial charge in [-0.15, -0.1) is 0 Å². The Labute approximate surface area is 120 Å². The molecule has 2 heterocycles. The zero-order chi connectivity index (χ0) is 14.7. The summed E-state index contributed by atoms with van der Waals surface area (Å²) in [6, 6.07) is 1.20. The lowest BCUT2D eigenvalue weighted by atomic mass is 10.2. The van der Waals surface area contributed by atoms with Crippen molar-refractivity contribution in [2.45, 2.75) is 18.6 Å². The molecule has 2 rings (SSSR count). The van der Waals surface area contributed by atoms with Gasteiger partial charge in [0.2, 0.25) is 0 Å². The summed E-state index contributed by atoms with van der Waals surface area (Å²) in [6.07, 6.45) is 2.05. The molecule has 1 atom stereocenters. The molecule has 1 aromatic heterocycles. The van der Waals surface area contributed by atoms with Crippen LogP contribution in [0.3, 0.4) is 0 Å². The number of carbonyl (C=O) groups excluding carboxylic acids is 1. The highest BCUT2D eigenvalue weighted by atomic mass is 32.2. The van der Waals surface area contributed by atoms with E-state index in [1.54, 1.807) is 4.90 Å². The van der Waals surface area contributed by atoms with Gasteiger partial charge >= 0.3 is 0 Å². The van der Waals surface area contributed by atoms with Crippen LogP contribution in [0.25, 0.3) is 0 Å². The van der Waals surface area contributed by atoms with Gasteiger partial charge in [-0.05, 0) is 6.42 Å². The van der Waals surface area contributed by atoms with Crippen molar-refractivity contribution in [1.82, 2.24) is 9.88 Å². The van der Waals surface area contributed by atoms with Crippen molar-refractivity contribution < 1.29 is 9.72 Å². The van der Waals surface area contributed by atoms with E-state index in [1.807, 2.05) is 11.8 Å². The minimum Gasteiger partial charge on any atom is -0.383 e. The molecule has 8 heteroatoms. The summed E-state index contributed by atoms with van der Waals surface area (Å²) in [7, 11) is 0. The lowest BCUT2D eigenvalue weighted by Gasteiger charge is -2.32. The Morgan fingerprint density at radius 3 is 3.10 bits per heavy atom. The van der Waals surface area contributed by atoms with Gasteiger partial charge in [0.05, 0.1) is 10.5 Å². The maximum absolute atomic E-state index is 12.4. The van der Waals surface area contributed by atoms with Crippen LogP contribution in [0.4, 0.5) is 11.5 Å². The van der Waals surface area contributed by atoms with Crippen LogP contribution < -0.4 is 5.73 Å². The number of hydrogen-bond acceptors (Lipinski definition) is 6. The number of amides is 1. The van der Waals surface area contributed by atoms with Gasteiger partial charge in [-0.2, -0.15) is 11.8 Å². The Kier molecular flexibility index (Phi) is 4.43. The lowest BCUT2D eigenvalue weighted by molar-refractivity contribution is -0.385. The third-order valence-electron chi connectivity index (χ3n) is 3.23. The molecule has 1 aliphatic rings. The number of nitrogens with two attached hydrogens (primary N) is 1. The molecule has 2 N–H and O–H groups in total. The number of pyridine rings is 1. The fraction of sp³-hybridized carbons (Fsp3) is 0.500. The maximum atomic E-state index is 12.4. The van der Waals surface area contributed by atoms with Crippen molar-refractivity contribution >= 4 is 29.2 Å². The number of nitrogens with zero attached hydrogens (tertiary/aromatic N) is 3. The highest BCUT2D eigenvalue weighted by molar-refractivity contribution is 8.00. The van der Waals surface area contributed by atoms with Crippen molar-refractivity contribution in [1.29, 1.82) is 0 Å². The summed E-state index contributed by atoms with van der Waals surface area (Å²) < 4.78 is 0. The van der Waals surface area contributed by atoms with Gasteiger partial charge in [0.1, 0.15) is 12.0 Å². The first-order valence-electron chi connectivity index (χ1n) is 6.33. The van der Waals surface area contributed by atoms with Crippen molar-refractivity contribution in [3.63, 3.8) is 0 Å². The number of hydrogen-bond donors (Lipinski definition) is 1. The molecule has 20 heavy (non-hydrogen) atoms. The van der Waals surface area contributed by atoms with Gasteiger partial charge in [-0.3, -0.25) is 14.9 Å². The Balaban J connectivity index is 2.24. The summed E-state index contributed by atoms with van der Waals surface area (Å²) in [4.78, 5) is 28.0. The molecule has 0 bridgehead atoms. The van der Waals surface area contributed by atoms with E-state index < -0.39 is 4.92 Å². The van der Waals surface area contributed by atoms with E-state index in [1.165, 1.54) is 6.07 Å². The maximum Gasteiger partial charge on any atom is 0.288 e. The third-order valence-corrected chi connectivity index (χ3v) is 4.60. The van der Waals surface area contributed by atoms with E-state index in [9.17, 15) is 14.9 Å². The quantitative estimate of drug-likeness (QED) is 0.670. The number of carbonyl (C=O) groups is 1. The van der Waals surface area contributed by atoms with E-state index in [0.717, 1.165) is 18.4 Å². The number of aromatic nitrogens is 1. The average molecular weight is 296 g/mol. The molecule has 0 radical (unpaired) electrons. The molecule has 1 fully saturated rings. The summed E-state index contributed by atoms with van der Waals surface area (Å²) in [5.74, 6) is 0.622. The van der Waals surface area contributed by atoms with Crippen molar-refractivity contribution in [2.24, 2.45) is 0 Å². The lowest BCUT2D eigenvalue weighted by Crippen LogP contribution is -2.42. The van der Waals surface area contributed by atoms with Gasteiger partial charge in [0, 0.05) is 30.2 Å². The van der Waals surface area contributed by atoms with Gasteiger partial charge in [0.15, 0.2) is 0 Å². The second-order valence-electron chi connectivity index (χ2n) is 4.54. The normalized spacial score (nSPS) is 18.9. The first-order valence-corrected chi connectivity index (χ1v) is 7.38. The van der Waals surface area contributed by atoms with E-state index in [-0.39, 0.29) is 23.0 Å². The molecule has 0 aliphatic carbocycles. The first kappa shape index (κ1) is 14.6. The second-order valence-corrected chi connectivity index (χ2v) is 5.94. The van der Waals surface area contributed by atoms with E-state index >= 15 is 0 Å². The van der Waals surface area contributed by atoms with Gasteiger partial charge in [-0.1, -0.05) is 6.92 Å². The largest absolute Gasteiger partial charge is 0.383 e. The summed E-state index contributed by atoms with van der Waals surface area (Å²) in [6.45, 7) is 3.35. The van der Waals surface area contributed by atoms with Gasteiger partial charge in [0.25, 0.3) is 11.6 Å². The van der Waals surface area contributed by atoms with Crippen LogP contribution in [0.15, 0.2) is 12.3 Å². The summed E-state index contributed by atoms with van der Waals surface area (Å²) >= 11 is 1.84. The number of thioether (sulfide) groups is 1. The SMILES string of the molecule is CCC1CN(C(=O)c2cc([N+](=O)[O-])cnc2N)CCS1. The van der Waals surface area contributed by atoms with E-state index in [4.69, 9.17) is 5.73 Å². The second kappa shape index (κ2) is 6.08. The van der Waals surface area contributed by atoms with Crippen molar-refractivity contribution in [3.05, 3.63) is 27.9 Å². The smallest absolute Gasteiger partial charge is 0.288 e. The Morgan fingerprint density at radius 2 is 2.45 bits per heavy atom. The Bertz CT molecular complexity index is 537. The average Bonchev–Trinajstić information content (AvgIpc) is 2.46. The summed E-state index contributed by atoms with van der Waals surface area (Å²) in [5, 5.41) is 11.2. The molecule has 108 valence electrons. The van der Waals surface area contributed by atoms with Crippen LogP contribution in [0, 0.1) is 10.1 Å². The predicted molar refractivity (Wildman–Crippen MR) is 77.7 cm³/mol. The first-order chi connectivity index (χ1) is 9.52. The fourth-order valence-corrected chi connectivity index (χ4v) is 3.24. The molecule has 0 spiro atoms. The highest BCUT2D eigenvalue weighted by Crippen LogP contribution is 2.24. The standard InChI is InChI=1S/C12H16N4O3S/c1-2-9-7-15(3-4-20-9)12(17)10-5-8(16(18)19)6-14-11(10)13/h5-6,9H,2-4,7H2,1H3,(H2,13,14). The zero-order valence-electron chi connectivity index (χ0n) is 11.1. The van der Waals surface area contributed by atoms with Crippen molar-refractivity contribution in [2.75, 3.05) is 24.6 Å². The highest BCUT2D eigenvalue weighted by Gasteiger charge is 2.26. The van der Waals surface area contributed by atoms with E-state index in [0.29, 0.717) is 18.3 Å². The van der Waals surface area contributed by atoms with Crippen LogP contribution in [-0.2, 0) is 0 Å². The minimum absolute atomic E-state index is 0.0341. The predicted octanol–water partition coefficient (Wildman–Crippen LogP) is 1.54. The summed E-state index contributed by atoms with van der Waals surface area (Å²) in [5.41, 5.74) is 5.57. The monoisotopic (exact) mass is 296 g/mol. The molecule has 7 nitrogen and oxygen atoms in total. The molecule has 1 aliphatic heterocycles. The molecule has 1 unspecified atom stereocenters. The molecule has 0 saturated carbocycles. The van der Waals surface area contributed by atoms with Crippen LogP contribution in [0.1, 0.15) is 23.7 Å². The Hall–Kier alpha value is -1.83. The van der Waals surface area contributed by atoms with Gasteiger partial charge in [-0.25, -0.2) is 4.98 Å². The zero-order valence-corrected chi connectivity index (χ0v) is 11.9.